The molecular formula is C28H40N6O3S. The number of nitrogens with zero attached hydrogens (tertiary/aromatic N) is 3. The van der Waals surface area contributed by atoms with Gasteiger partial charge in [0.1, 0.15) is 18.2 Å². The fourth-order valence-electron chi connectivity index (χ4n) is 4.03. The van der Waals surface area contributed by atoms with Gasteiger partial charge >= 0.3 is 0 Å². The first-order valence-corrected chi connectivity index (χ1v) is 14.0. The zero-order valence-electron chi connectivity index (χ0n) is 21.9. The molecule has 0 radical (unpaired) electrons. The van der Waals surface area contributed by atoms with Crippen LogP contribution < -0.4 is 20.1 Å². The Hall–Kier alpha value is -3.21. The van der Waals surface area contributed by atoms with Gasteiger partial charge in [0, 0.05) is 35.2 Å². The summed E-state index contributed by atoms with van der Waals surface area (Å²) in [7, 11) is -3.65. The summed E-state index contributed by atoms with van der Waals surface area (Å²) in [4.78, 5) is 11.6. The standard InChI is InChI=1S/C27H36N6O3S.CH4/c1-20-19-28-26(30-21-10-12-23(13-11-21)36-17-16-33-14-5-6-15-33)31-25(20)29-22-8-7-9-24(18-22)37(34,35)32-27(2,3)4;/h7-13,18-19,32H,5-6,14-17H2,1-4H3,(H2,28,29,30,31);1H4. The van der Waals surface area contributed by atoms with E-state index in [1.807, 2.05) is 52.0 Å². The fraction of sp³-hybridized carbons (Fsp3) is 0.429. The molecule has 9 nitrogen and oxygen atoms in total. The lowest BCUT2D eigenvalue weighted by Crippen LogP contribution is -2.40. The summed E-state index contributed by atoms with van der Waals surface area (Å²) in [5.74, 6) is 1.83. The molecule has 1 saturated heterocycles. The summed E-state index contributed by atoms with van der Waals surface area (Å²) in [5.41, 5.74) is 1.70. The molecule has 2 heterocycles. The maximum absolute atomic E-state index is 12.7. The van der Waals surface area contributed by atoms with Crippen molar-refractivity contribution in [2.45, 2.75) is 58.4 Å². The van der Waals surface area contributed by atoms with E-state index in [0.29, 0.717) is 24.1 Å². The number of sulfonamides is 1. The van der Waals surface area contributed by atoms with Crippen LogP contribution >= 0.6 is 0 Å². The first kappa shape index (κ1) is 29.3. The number of aromatic nitrogens is 2. The van der Waals surface area contributed by atoms with Crippen molar-refractivity contribution in [3.05, 3.63) is 60.3 Å². The van der Waals surface area contributed by atoms with Gasteiger partial charge in [-0.2, -0.15) is 4.98 Å². The molecule has 1 fully saturated rings. The van der Waals surface area contributed by atoms with Gasteiger partial charge in [0.05, 0.1) is 4.90 Å². The Morgan fingerprint density at radius 1 is 1.00 bits per heavy atom. The average Bonchev–Trinajstić information content (AvgIpc) is 3.35. The van der Waals surface area contributed by atoms with E-state index < -0.39 is 15.6 Å². The van der Waals surface area contributed by atoms with Gasteiger partial charge in [-0.05, 0) is 96.1 Å². The van der Waals surface area contributed by atoms with Crippen molar-refractivity contribution in [2.75, 3.05) is 36.9 Å². The topological polar surface area (TPSA) is 108 Å². The molecule has 206 valence electrons. The number of likely N-dealkylation sites (tertiary alicyclic amines) is 1. The molecule has 0 spiro atoms. The molecule has 0 amide bonds. The van der Waals surface area contributed by atoms with E-state index in [2.05, 4.69) is 30.2 Å². The number of ether oxygens (including phenoxy) is 1. The molecule has 4 rings (SSSR count). The van der Waals surface area contributed by atoms with Crippen molar-refractivity contribution in [1.29, 1.82) is 0 Å². The van der Waals surface area contributed by atoms with E-state index in [-0.39, 0.29) is 12.3 Å². The largest absolute Gasteiger partial charge is 0.492 e. The number of hydrogen-bond donors (Lipinski definition) is 3. The van der Waals surface area contributed by atoms with Gasteiger partial charge < -0.3 is 15.4 Å². The van der Waals surface area contributed by atoms with Crippen LogP contribution in [0.1, 0.15) is 46.6 Å². The predicted molar refractivity (Wildman–Crippen MR) is 154 cm³/mol. The third-order valence-electron chi connectivity index (χ3n) is 5.80. The van der Waals surface area contributed by atoms with Gasteiger partial charge in [-0.1, -0.05) is 13.5 Å². The Bertz CT molecular complexity index is 1300. The van der Waals surface area contributed by atoms with E-state index in [1.165, 1.54) is 25.9 Å². The van der Waals surface area contributed by atoms with Crippen molar-refractivity contribution >= 4 is 33.2 Å². The van der Waals surface area contributed by atoms with Gasteiger partial charge in [-0.3, -0.25) is 4.90 Å². The van der Waals surface area contributed by atoms with Gasteiger partial charge in [0.15, 0.2) is 0 Å². The van der Waals surface area contributed by atoms with Gasteiger partial charge in [0.25, 0.3) is 0 Å². The summed E-state index contributed by atoms with van der Waals surface area (Å²) in [6.07, 6.45) is 4.28. The molecule has 1 aliphatic rings. The van der Waals surface area contributed by atoms with E-state index in [4.69, 9.17) is 4.74 Å². The van der Waals surface area contributed by atoms with Crippen LogP contribution in [0.25, 0.3) is 0 Å². The summed E-state index contributed by atoms with van der Waals surface area (Å²) in [5, 5.41) is 6.44. The second-order valence-corrected chi connectivity index (χ2v) is 12.0. The maximum atomic E-state index is 12.7. The Labute approximate surface area is 227 Å². The quantitative estimate of drug-likeness (QED) is 0.311. The van der Waals surface area contributed by atoms with Gasteiger partial charge in [0.2, 0.25) is 16.0 Å². The van der Waals surface area contributed by atoms with Crippen molar-refractivity contribution in [1.82, 2.24) is 19.6 Å². The lowest BCUT2D eigenvalue weighted by Gasteiger charge is -2.20. The van der Waals surface area contributed by atoms with Crippen LogP contribution in [0.15, 0.2) is 59.6 Å². The van der Waals surface area contributed by atoms with Crippen LogP contribution in [0.5, 0.6) is 5.75 Å². The Balaban J connectivity index is 0.00000400. The van der Waals surface area contributed by atoms with Crippen molar-refractivity contribution in [3.8, 4) is 5.75 Å². The van der Waals surface area contributed by atoms with E-state index in [1.54, 1.807) is 30.5 Å². The van der Waals surface area contributed by atoms with Crippen molar-refractivity contribution in [3.63, 3.8) is 0 Å². The molecule has 0 saturated carbocycles. The first-order valence-electron chi connectivity index (χ1n) is 12.5. The van der Waals surface area contributed by atoms with Crippen LogP contribution in [0, 0.1) is 6.92 Å². The average molecular weight is 541 g/mol. The highest BCUT2D eigenvalue weighted by Crippen LogP contribution is 2.24. The molecule has 2 aromatic carbocycles. The third-order valence-corrected chi connectivity index (χ3v) is 7.56. The van der Waals surface area contributed by atoms with Crippen LogP contribution in [-0.2, 0) is 10.0 Å². The van der Waals surface area contributed by atoms with Gasteiger partial charge in [-0.15, -0.1) is 0 Å². The Kier molecular flexibility index (Phi) is 9.70. The number of benzene rings is 2. The molecule has 3 N–H and O–H groups in total. The van der Waals surface area contributed by atoms with Gasteiger partial charge in [-0.25, -0.2) is 18.1 Å². The zero-order valence-corrected chi connectivity index (χ0v) is 22.7. The molecule has 0 aliphatic carbocycles. The number of aryl methyl sites for hydroxylation is 1. The molecular weight excluding hydrogens is 500 g/mol. The summed E-state index contributed by atoms with van der Waals surface area (Å²) in [6.45, 7) is 11.3. The second kappa shape index (κ2) is 12.6. The fourth-order valence-corrected chi connectivity index (χ4v) is 5.49. The minimum absolute atomic E-state index is 0. The normalized spacial score (nSPS) is 14.1. The molecule has 38 heavy (non-hydrogen) atoms. The minimum Gasteiger partial charge on any atom is -0.492 e. The van der Waals surface area contributed by atoms with E-state index >= 15 is 0 Å². The summed E-state index contributed by atoms with van der Waals surface area (Å²) >= 11 is 0. The van der Waals surface area contributed by atoms with Crippen molar-refractivity contribution in [2.24, 2.45) is 0 Å². The third kappa shape index (κ3) is 8.41. The lowest BCUT2D eigenvalue weighted by molar-refractivity contribution is 0.238. The number of rotatable bonds is 10. The smallest absolute Gasteiger partial charge is 0.241 e. The van der Waals surface area contributed by atoms with Crippen LogP contribution in [0.4, 0.5) is 23.1 Å². The first-order chi connectivity index (χ1) is 17.6. The summed E-state index contributed by atoms with van der Waals surface area (Å²) < 4.78 is 34.0. The number of anilines is 4. The molecule has 0 bridgehead atoms. The molecule has 0 unspecified atom stereocenters. The molecule has 3 aromatic rings. The SMILES string of the molecule is C.Cc1cnc(Nc2ccc(OCCN3CCCC3)cc2)nc1Nc1cccc(S(=O)(=O)NC(C)(C)C)c1. The molecule has 1 aliphatic heterocycles. The lowest BCUT2D eigenvalue weighted by atomic mass is 10.1. The Morgan fingerprint density at radius 2 is 1.71 bits per heavy atom. The molecule has 1 aromatic heterocycles. The van der Waals surface area contributed by atoms with E-state index in [0.717, 1.165) is 23.5 Å². The van der Waals surface area contributed by atoms with Crippen LogP contribution in [0.2, 0.25) is 0 Å². The molecule has 0 atom stereocenters. The summed E-state index contributed by atoms with van der Waals surface area (Å²) in [6, 6.07) is 14.4. The highest BCUT2D eigenvalue weighted by atomic mass is 32.2. The van der Waals surface area contributed by atoms with Crippen molar-refractivity contribution < 1.29 is 13.2 Å². The number of hydrogen-bond acceptors (Lipinski definition) is 8. The minimum atomic E-state index is -3.65. The molecule has 10 heteroatoms. The van der Waals surface area contributed by atoms with Crippen LogP contribution in [-0.4, -0.2) is 55.1 Å². The highest BCUT2D eigenvalue weighted by Gasteiger charge is 2.22. The number of nitrogens with one attached hydrogen (secondary N) is 3. The predicted octanol–water partition coefficient (Wildman–Crippen LogP) is 5.46. The maximum Gasteiger partial charge on any atom is 0.241 e. The monoisotopic (exact) mass is 540 g/mol. The second-order valence-electron chi connectivity index (χ2n) is 10.3. The van der Waals surface area contributed by atoms with E-state index in [9.17, 15) is 8.42 Å². The van der Waals surface area contributed by atoms with Crippen LogP contribution in [0.3, 0.4) is 0 Å². The zero-order chi connectivity index (χ0) is 26.5. The Morgan fingerprint density at radius 3 is 2.39 bits per heavy atom. The highest BCUT2D eigenvalue weighted by molar-refractivity contribution is 7.89.